The molecule has 1 aromatic heterocycles. The van der Waals surface area contributed by atoms with Crippen LogP contribution in [0.2, 0.25) is 0 Å². The van der Waals surface area contributed by atoms with E-state index in [1.54, 1.807) is 41.3 Å². The highest BCUT2D eigenvalue weighted by Gasteiger charge is 2.21. The van der Waals surface area contributed by atoms with Gasteiger partial charge in [-0.05, 0) is 36.8 Å². The van der Waals surface area contributed by atoms with Gasteiger partial charge in [-0.15, -0.1) is 0 Å². The molecule has 4 rings (SSSR count). The van der Waals surface area contributed by atoms with E-state index in [0.717, 1.165) is 12.1 Å². The first-order chi connectivity index (χ1) is 13.1. The van der Waals surface area contributed by atoms with Gasteiger partial charge in [0.05, 0.1) is 17.2 Å². The minimum absolute atomic E-state index is 0.0901. The number of hydrogen-bond acceptors (Lipinski definition) is 4. The maximum atomic E-state index is 12.5. The highest BCUT2D eigenvalue weighted by atomic mass is 16.2. The van der Waals surface area contributed by atoms with Crippen molar-refractivity contribution in [3.05, 3.63) is 65.2 Å². The zero-order chi connectivity index (χ0) is 18.8. The summed E-state index contributed by atoms with van der Waals surface area (Å²) in [4.78, 5) is 42.7. The Kier molecular flexibility index (Phi) is 4.42. The summed E-state index contributed by atoms with van der Waals surface area (Å²) in [6.07, 6.45) is 2.77. The topological polar surface area (TPSA) is 84.3 Å². The lowest BCUT2D eigenvalue weighted by Crippen LogP contribution is -2.28. The fourth-order valence-electron chi connectivity index (χ4n) is 3.25. The summed E-state index contributed by atoms with van der Waals surface area (Å²) in [5.74, 6) is -0.244. The van der Waals surface area contributed by atoms with E-state index in [1.165, 1.54) is 10.9 Å². The summed E-state index contributed by atoms with van der Waals surface area (Å²) in [5.41, 5.74) is 1.69. The zero-order valence-corrected chi connectivity index (χ0v) is 14.6. The Morgan fingerprint density at radius 2 is 1.96 bits per heavy atom. The normalized spacial score (nSPS) is 13.9. The number of nitrogens with one attached hydrogen (secondary N) is 1. The van der Waals surface area contributed by atoms with Crippen LogP contribution in [0.4, 0.5) is 11.4 Å². The molecule has 2 heterocycles. The fourth-order valence-corrected chi connectivity index (χ4v) is 3.25. The zero-order valence-electron chi connectivity index (χ0n) is 14.6. The molecular weight excluding hydrogens is 344 g/mol. The molecule has 27 heavy (non-hydrogen) atoms. The Morgan fingerprint density at radius 1 is 1.11 bits per heavy atom. The first-order valence-electron chi connectivity index (χ1n) is 8.76. The predicted octanol–water partition coefficient (Wildman–Crippen LogP) is 2.16. The van der Waals surface area contributed by atoms with E-state index in [4.69, 9.17) is 0 Å². The van der Waals surface area contributed by atoms with Gasteiger partial charge < -0.3 is 10.2 Å². The lowest BCUT2D eigenvalue weighted by Gasteiger charge is -2.17. The third-order valence-electron chi connectivity index (χ3n) is 4.56. The van der Waals surface area contributed by atoms with Crippen molar-refractivity contribution in [3.63, 3.8) is 0 Å². The number of carbonyl (C=O) groups is 2. The van der Waals surface area contributed by atoms with Crippen LogP contribution in [0.1, 0.15) is 12.8 Å². The predicted molar refractivity (Wildman–Crippen MR) is 103 cm³/mol. The van der Waals surface area contributed by atoms with Crippen LogP contribution in [0.15, 0.2) is 59.7 Å². The van der Waals surface area contributed by atoms with Gasteiger partial charge in [-0.2, -0.15) is 0 Å². The van der Waals surface area contributed by atoms with E-state index >= 15 is 0 Å². The minimum Gasteiger partial charge on any atom is -0.324 e. The molecule has 0 atom stereocenters. The van der Waals surface area contributed by atoms with Gasteiger partial charge in [0, 0.05) is 24.3 Å². The minimum atomic E-state index is -0.334. The van der Waals surface area contributed by atoms with Crippen LogP contribution in [0.25, 0.3) is 10.9 Å². The SMILES string of the molecule is O=C(Cn1cnc2ccccc2c1=O)Nc1cccc(N2CCCC2=O)c1. The van der Waals surface area contributed by atoms with E-state index in [9.17, 15) is 14.4 Å². The van der Waals surface area contributed by atoms with Crippen molar-refractivity contribution in [2.75, 3.05) is 16.8 Å². The smallest absolute Gasteiger partial charge is 0.261 e. The second kappa shape index (κ2) is 7.03. The Hall–Kier alpha value is -3.48. The molecule has 0 radical (unpaired) electrons. The molecule has 0 saturated carbocycles. The first kappa shape index (κ1) is 17.0. The van der Waals surface area contributed by atoms with E-state index in [0.29, 0.717) is 29.6 Å². The van der Waals surface area contributed by atoms with Gasteiger partial charge in [-0.3, -0.25) is 19.0 Å². The number of anilines is 2. The summed E-state index contributed by atoms with van der Waals surface area (Å²) in [6.45, 7) is 0.553. The molecule has 0 spiro atoms. The number of aromatic nitrogens is 2. The van der Waals surface area contributed by atoms with Gasteiger partial charge in [0.2, 0.25) is 11.8 Å². The van der Waals surface area contributed by atoms with Crippen LogP contribution in [0.3, 0.4) is 0 Å². The molecule has 1 saturated heterocycles. The van der Waals surface area contributed by atoms with Crippen LogP contribution in [0, 0.1) is 0 Å². The number of nitrogens with zero attached hydrogens (tertiary/aromatic N) is 3. The molecular formula is C20H18N4O3. The van der Waals surface area contributed by atoms with Crippen LogP contribution in [-0.4, -0.2) is 27.9 Å². The largest absolute Gasteiger partial charge is 0.324 e. The standard InChI is InChI=1S/C20H18N4O3/c25-18(12-23-13-21-17-8-2-1-7-16(17)20(23)27)22-14-5-3-6-15(11-14)24-10-4-9-19(24)26/h1-3,5-8,11,13H,4,9-10,12H2,(H,22,25). The van der Waals surface area contributed by atoms with Gasteiger partial charge in [0.1, 0.15) is 6.54 Å². The number of fused-ring (bicyclic) bond motifs is 1. The number of para-hydroxylation sites is 1. The van der Waals surface area contributed by atoms with E-state index in [-0.39, 0.29) is 23.9 Å². The highest BCUT2D eigenvalue weighted by Crippen LogP contribution is 2.24. The average molecular weight is 362 g/mol. The van der Waals surface area contributed by atoms with Crippen LogP contribution in [0.5, 0.6) is 0 Å². The second-order valence-corrected chi connectivity index (χ2v) is 6.44. The molecule has 1 N–H and O–H groups in total. The monoisotopic (exact) mass is 362 g/mol. The van der Waals surface area contributed by atoms with E-state index in [2.05, 4.69) is 10.3 Å². The molecule has 3 aromatic rings. The summed E-state index contributed by atoms with van der Waals surface area (Å²) >= 11 is 0. The Balaban J connectivity index is 1.51. The quantitative estimate of drug-likeness (QED) is 0.771. The number of hydrogen-bond donors (Lipinski definition) is 1. The summed E-state index contributed by atoms with van der Waals surface area (Å²) in [7, 11) is 0. The molecule has 1 aliphatic heterocycles. The number of amides is 2. The van der Waals surface area contributed by atoms with Gasteiger partial charge in [0.15, 0.2) is 0 Å². The van der Waals surface area contributed by atoms with Crippen molar-refractivity contribution in [1.82, 2.24) is 9.55 Å². The van der Waals surface area contributed by atoms with Crippen LogP contribution >= 0.6 is 0 Å². The van der Waals surface area contributed by atoms with Crippen molar-refractivity contribution in [3.8, 4) is 0 Å². The lowest BCUT2D eigenvalue weighted by molar-refractivity contribution is -0.117. The summed E-state index contributed by atoms with van der Waals surface area (Å²) in [6, 6.07) is 14.2. The van der Waals surface area contributed by atoms with Gasteiger partial charge in [-0.1, -0.05) is 18.2 Å². The van der Waals surface area contributed by atoms with Gasteiger partial charge in [-0.25, -0.2) is 4.98 Å². The maximum absolute atomic E-state index is 12.5. The van der Waals surface area contributed by atoms with E-state index < -0.39 is 0 Å². The lowest BCUT2D eigenvalue weighted by atomic mass is 10.2. The summed E-state index contributed by atoms with van der Waals surface area (Å²) in [5, 5.41) is 3.25. The molecule has 1 aliphatic rings. The van der Waals surface area contributed by atoms with Crippen molar-refractivity contribution >= 4 is 34.1 Å². The van der Waals surface area contributed by atoms with Crippen molar-refractivity contribution in [2.24, 2.45) is 0 Å². The fraction of sp³-hybridized carbons (Fsp3) is 0.200. The highest BCUT2D eigenvalue weighted by molar-refractivity contribution is 5.97. The van der Waals surface area contributed by atoms with Crippen LogP contribution < -0.4 is 15.8 Å². The number of rotatable bonds is 4. The van der Waals surface area contributed by atoms with Gasteiger partial charge in [0.25, 0.3) is 5.56 Å². The molecule has 0 unspecified atom stereocenters. The Labute approximate surface area is 155 Å². The maximum Gasteiger partial charge on any atom is 0.261 e. The third kappa shape index (κ3) is 3.44. The molecule has 7 nitrogen and oxygen atoms in total. The number of carbonyl (C=O) groups excluding carboxylic acids is 2. The van der Waals surface area contributed by atoms with Gasteiger partial charge >= 0.3 is 0 Å². The molecule has 0 bridgehead atoms. The van der Waals surface area contributed by atoms with E-state index in [1.807, 2.05) is 12.1 Å². The summed E-state index contributed by atoms with van der Waals surface area (Å²) < 4.78 is 1.28. The van der Waals surface area contributed by atoms with Crippen LogP contribution in [-0.2, 0) is 16.1 Å². The molecule has 0 aliphatic carbocycles. The third-order valence-corrected chi connectivity index (χ3v) is 4.56. The Morgan fingerprint density at radius 3 is 2.78 bits per heavy atom. The van der Waals surface area contributed by atoms with Crippen molar-refractivity contribution < 1.29 is 9.59 Å². The molecule has 7 heteroatoms. The van der Waals surface area contributed by atoms with Crippen molar-refractivity contribution in [2.45, 2.75) is 19.4 Å². The Bertz CT molecular complexity index is 1090. The first-order valence-corrected chi connectivity index (χ1v) is 8.76. The molecule has 1 fully saturated rings. The number of benzene rings is 2. The molecule has 2 aromatic carbocycles. The average Bonchev–Trinajstić information content (AvgIpc) is 3.10. The second-order valence-electron chi connectivity index (χ2n) is 6.44. The molecule has 2 amide bonds. The molecule has 136 valence electrons. The van der Waals surface area contributed by atoms with Crippen molar-refractivity contribution in [1.29, 1.82) is 0 Å².